The van der Waals surface area contributed by atoms with Crippen LogP contribution in [-0.2, 0) is 0 Å². The second kappa shape index (κ2) is 7.12. The zero-order valence-electron chi connectivity index (χ0n) is 14.9. The number of ether oxygens (including phenoxy) is 2. The third-order valence-electron chi connectivity index (χ3n) is 4.33. The number of hydrogen-bond acceptors (Lipinski definition) is 4. The first-order valence-electron chi connectivity index (χ1n) is 8.63. The molecule has 0 atom stereocenters. The van der Waals surface area contributed by atoms with E-state index in [0.29, 0.717) is 33.8 Å². The first kappa shape index (κ1) is 17.7. The fraction of sp³-hybridized carbons (Fsp3) is 0.0435. The monoisotopic (exact) mass is 374 g/mol. The summed E-state index contributed by atoms with van der Waals surface area (Å²) in [5, 5.41) is 0. The van der Waals surface area contributed by atoms with Crippen molar-refractivity contribution in [2.75, 3.05) is 0 Å². The predicted octanol–water partition coefficient (Wildman–Crippen LogP) is 4.97. The van der Waals surface area contributed by atoms with Crippen molar-refractivity contribution < 1.29 is 23.5 Å². The van der Waals surface area contributed by atoms with Crippen molar-refractivity contribution in [3.05, 3.63) is 101 Å². The lowest BCUT2D eigenvalue weighted by atomic mass is 10.0. The van der Waals surface area contributed by atoms with E-state index in [-0.39, 0.29) is 17.4 Å². The lowest BCUT2D eigenvalue weighted by Gasteiger charge is -2.07. The minimum absolute atomic E-state index is 0.135. The number of aryl methyl sites for hydroxylation is 1. The van der Waals surface area contributed by atoms with Crippen molar-refractivity contribution in [3.8, 4) is 11.5 Å². The first-order chi connectivity index (χ1) is 13.5. The van der Waals surface area contributed by atoms with Crippen LogP contribution < -0.4 is 9.47 Å². The molecule has 1 heterocycles. The van der Waals surface area contributed by atoms with Gasteiger partial charge in [-0.05, 0) is 54.5 Å². The molecule has 138 valence electrons. The molecule has 0 bridgehead atoms. The Bertz CT molecular complexity index is 1100. The molecular formula is C23H15FO4. The van der Waals surface area contributed by atoms with E-state index in [1.54, 1.807) is 55.5 Å². The highest BCUT2D eigenvalue weighted by Gasteiger charge is 2.30. The van der Waals surface area contributed by atoms with E-state index < -0.39 is 5.97 Å². The normalized spacial score (nSPS) is 13.9. The van der Waals surface area contributed by atoms with E-state index in [4.69, 9.17) is 9.47 Å². The van der Waals surface area contributed by atoms with Crippen LogP contribution in [0.25, 0.3) is 6.08 Å². The van der Waals surface area contributed by atoms with Crippen LogP contribution in [0.1, 0.15) is 31.8 Å². The molecule has 0 saturated carbocycles. The largest absolute Gasteiger partial charge is 0.452 e. The van der Waals surface area contributed by atoms with Gasteiger partial charge in [0, 0.05) is 6.07 Å². The smallest absolute Gasteiger partial charge is 0.343 e. The zero-order valence-corrected chi connectivity index (χ0v) is 14.9. The Morgan fingerprint density at radius 1 is 1.04 bits per heavy atom. The average Bonchev–Trinajstić information content (AvgIpc) is 3.00. The number of fused-ring (bicyclic) bond motifs is 1. The fourth-order valence-electron chi connectivity index (χ4n) is 2.99. The maximum Gasteiger partial charge on any atom is 0.343 e. The lowest BCUT2D eigenvalue weighted by molar-refractivity contribution is 0.0734. The van der Waals surface area contributed by atoms with Crippen molar-refractivity contribution in [1.82, 2.24) is 0 Å². The Kier molecular flexibility index (Phi) is 4.49. The van der Waals surface area contributed by atoms with Crippen LogP contribution in [-0.4, -0.2) is 11.8 Å². The molecule has 5 heteroatoms. The molecule has 0 radical (unpaired) electrons. The van der Waals surface area contributed by atoms with Crippen molar-refractivity contribution in [2.45, 2.75) is 6.92 Å². The lowest BCUT2D eigenvalue weighted by Crippen LogP contribution is -2.08. The number of Topliss-reactive ketones (excluding diaryl/α,β-unsaturated/α-hetero) is 1. The summed E-state index contributed by atoms with van der Waals surface area (Å²) in [6.45, 7) is 1.75. The van der Waals surface area contributed by atoms with E-state index in [1.807, 2.05) is 6.07 Å². The number of carbonyl (C=O) groups is 2. The van der Waals surface area contributed by atoms with Gasteiger partial charge in [0.15, 0.2) is 5.76 Å². The number of allylic oxidation sites excluding steroid dienone is 1. The molecule has 1 aliphatic heterocycles. The van der Waals surface area contributed by atoms with Crippen LogP contribution in [0.3, 0.4) is 0 Å². The van der Waals surface area contributed by atoms with Gasteiger partial charge >= 0.3 is 5.97 Å². The van der Waals surface area contributed by atoms with E-state index in [9.17, 15) is 14.0 Å². The molecule has 3 aromatic carbocycles. The highest BCUT2D eigenvalue weighted by Crippen LogP contribution is 2.37. The van der Waals surface area contributed by atoms with Gasteiger partial charge in [0.05, 0.1) is 11.1 Å². The van der Waals surface area contributed by atoms with E-state index in [2.05, 4.69) is 0 Å². The summed E-state index contributed by atoms with van der Waals surface area (Å²) in [5.74, 6) is -0.361. The average molecular weight is 374 g/mol. The van der Waals surface area contributed by atoms with Crippen LogP contribution >= 0.6 is 0 Å². The molecule has 0 aliphatic carbocycles. The molecule has 4 nitrogen and oxygen atoms in total. The topological polar surface area (TPSA) is 52.6 Å². The molecule has 0 N–H and O–H groups in total. The summed E-state index contributed by atoms with van der Waals surface area (Å²) in [6.07, 6.45) is 1.55. The SMILES string of the molecule is Cc1cc(OC(=O)c2ccccc2)cc2c1C(=O)/C(=C/c1ccc(F)cc1)O2. The van der Waals surface area contributed by atoms with Gasteiger partial charge in [0.1, 0.15) is 17.3 Å². The van der Waals surface area contributed by atoms with Crippen molar-refractivity contribution in [2.24, 2.45) is 0 Å². The summed E-state index contributed by atoms with van der Waals surface area (Å²) in [5.41, 5.74) is 2.13. The second-order valence-electron chi connectivity index (χ2n) is 6.36. The molecule has 4 rings (SSSR count). The number of halogens is 1. The molecule has 3 aromatic rings. The minimum Gasteiger partial charge on any atom is -0.452 e. The number of carbonyl (C=O) groups excluding carboxylic acids is 2. The predicted molar refractivity (Wildman–Crippen MR) is 102 cm³/mol. The molecule has 0 saturated heterocycles. The Labute approximate surface area is 160 Å². The van der Waals surface area contributed by atoms with Crippen molar-refractivity contribution in [3.63, 3.8) is 0 Å². The van der Waals surface area contributed by atoms with Gasteiger partial charge in [-0.3, -0.25) is 4.79 Å². The van der Waals surface area contributed by atoms with Gasteiger partial charge in [-0.25, -0.2) is 9.18 Å². The molecule has 0 spiro atoms. The zero-order chi connectivity index (χ0) is 19.7. The highest BCUT2D eigenvalue weighted by atomic mass is 19.1. The minimum atomic E-state index is -0.494. The van der Waals surface area contributed by atoms with E-state index >= 15 is 0 Å². The second-order valence-corrected chi connectivity index (χ2v) is 6.36. The Hall–Kier alpha value is -3.73. The van der Waals surface area contributed by atoms with Crippen LogP contribution in [0.2, 0.25) is 0 Å². The molecule has 0 fully saturated rings. The molecule has 0 aromatic heterocycles. The molecule has 0 unspecified atom stereocenters. The van der Waals surface area contributed by atoms with Gasteiger partial charge < -0.3 is 9.47 Å². The molecule has 1 aliphatic rings. The van der Waals surface area contributed by atoms with Crippen LogP contribution in [0, 0.1) is 12.7 Å². The number of esters is 1. The first-order valence-corrected chi connectivity index (χ1v) is 8.63. The Morgan fingerprint density at radius 3 is 2.46 bits per heavy atom. The Morgan fingerprint density at radius 2 is 1.75 bits per heavy atom. The quantitative estimate of drug-likeness (QED) is 0.369. The van der Waals surface area contributed by atoms with Gasteiger partial charge in [-0.2, -0.15) is 0 Å². The maximum absolute atomic E-state index is 13.1. The maximum atomic E-state index is 13.1. The third-order valence-corrected chi connectivity index (χ3v) is 4.33. The summed E-state index contributed by atoms with van der Waals surface area (Å²) in [6, 6.07) is 17.5. The highest BCUT2D eigenvalue weighted by molar-refractivity contribution is 6.15. The van der Waals surface area contributed by atoms with Gasteiger partial charge in [-0.1, -0.05) is 30.3 Å². The van der Waals surface area contributed by atoms with Gasteiger partial charge in [0.25, 0.3) is 0 Å². The summed E-state index contributed by atoms with van der Waals surface area (Å²) < 4.78 is 24.2. The van der Waals surface area contributed by atoms with Crippen molar-refractivity contribution in [1.29, 1.82) is 0 Å². The van der Waals surface area contributed by atoms with E-state index in [1.165, 1.54) is 18.2 Å². The number of hydrogen-bond donors (Lipinski definition) is 0. The summed E-state index contributed by atoms with van der Waals surface area (Å²) in [4.78, 5) is 24.9. The van der Waals surface area contributed by atoms with Gasteiger partial charge in [0.2, 0.25) is 5.78 Å². The summed E-state index contributed by atoms with van der Waals surface area (Å²) in [7, 11) is 0. The molecule has 0 amide bonds. The van der Waals surface area contributed by atoms with Gasteiger partial charge in [-0.15, -0.1) is 0 Å². The number of rotatable bonds is 3. The third kappa shape index (κ3) is 3.42. The van der Waals surface area contributed by atoms with Crippen LogP contribution in [0.5, 0.6) is 11.5 Å². The fourth-order valence-corrected chi connectivity index (χ4v) is 2.99. The van der Waals surface area contributed by atoms with Crippen molar-refractivity contribution >= 4 is 17.8 Å². The molecular weight excluding hydrogens is 359 g/mol. The number of benzene rings is 3. The summed E-state index contributed by atoms with van der Waals surface area (Å²) >= 11 is 0. The number of ketones is 1. The standard InChI is InChI=1S/C23H15FO4/c1-14-11-18(27-23(26)16-5-3-2-4-6-16)13-19-21(14)22(25)20(28-19)12-15-7-9-17(24)10-8-15/h2-13H,1H3/b20-12-. The van der Waals surface area contributed by atoms with Crippen LogP contribution in [0.15, 0.2) is 72.5 Å². The van der Waals surface area contributed by atoms with E-state index in [0.717, 1.165) is 0 Å². The van der Waals surface area contributed by atoms with Crippen LogP contribution in [0.4, 0.5) is 4.39 Å². The molecule has 28 heavy (non-hydrogen) atoms. The Balaban J connectivity index is 1.61.